The number of aliphatic hydroxyl groups is 1. The smallest absolute Gasteiger partial charge is 0.387 e. The number of hydrogen-bond donors (Lipinski definition) is 1. The highest BCUT2D eigenvalue weighted by atomic mass is 19.3. The van der Waals surface area contributed by atoms with Crippen molar-refractivity contribution in [1.29, 1.82) is 0 Å². The lowest BCUT2D eigenvalue weighted by Crippen LogP contribution is -2.33. The van der Waals surface area contributed by atoms with E-state index in [1.54, 1.807) is 6.92 Å². The van der Waals surface area contributed by atoms with Gasteiger partial charge in [-0.1, -0.05) is 0 Å². The molecule has 0 heterocycles. The number of alkyl halides is 2. The molecule has 0 saturated carbocycles. The first-order chi connectivity index (χ1) is 8.99. The predicted octanol–water partition coefficient (Wildman–Crippen LogP) is 1.88. The lowest BCUT2D eigenvalue weighted by atomic mass is 10.1. The van der Waals surface area contributed by atoms with Gasteiger partial charge in [-0.2, -0.15) is 8.78 Å². The lowest BCUT2D eigenvalue weighted by Gasteiger charge is -2.21. The fourth-order valence-electron chi connectivity index (χ4n) is 1.56. The zero-order chi connectivity index (χ0) is 14.4. The molecule has 7 heteroatoms. The normalized spacial score (nSPS) is 10.6. The highest BCUT2D eigenvalue weighted by Gasteiger charge is 2.20. The molecule has 0 aliphatic rings. The van der Waals surface area contributed by atoms with Crippen LogP contribution in [0.1, 0.15) is 17.3 Å². The highest BCUT2D eigenvalue weighted by Crippen LogP contribution is 2.23. The van der Waals surface area contributed by atoms with Crippen molar-refractivity contribution in [2.45, 2.75) is 13.5 Å². The van der Waals surface area contributed by atoms with E-state index in [-0.39, 0.29) is 25.3 Å². The minimum atomic E-state index is -3.15. The number of carbonyl (C=O) groups excluding carboxylic acids is 1. The Balaban J connectivity index is 3.06. The molecule has 19 heavy (non-hydrogen) atoms. The molecule has 0 radical (unpaired) electrons. The maximum atomic E-state index is 13.0. The van der Waals surface area contributed by atoms with E-state index in [0.717, 1.165) is 18.2 Å². The van der Waals surface area contributed by atoms with E-state index in [9.17, 15) is 18.0 Å². The minimum Gasteiger partial charge on any atom is -0.434 e. The molecule has 0 atom stereocenters. The number of likely N-dealkylation sites (N-methyl/N-ethyl adjacent to an activating group) is 1. The summed E-state index contributed by atoms with van der Waals surface area (Å²) in [5.41, 5.74) is -0.169. The van der Waals surface area contributed by atoms with Crippen molar-refractivity contribution in [3.8, 4) is 5.75 Å². The number of halogens is 3. The Labute approximate surface area is 108 Å². The fourth-order valence-corrected chi connectivity index (χ4v) is 1.56. The summed E-state index contributed by atoms with van der Waals surface area (Å²) in [6, 6.07) is 2.79. The van der Waals surface area contributed by atoms with Crippen molar-refractivity contribution in [1.82, 2.24) is 4.90 Å². The summed E-state index contributed by atoms with van der Waals surface area (Å²) in [7, 11) is 0. The van der Waals surface area contributed by atoms with Gasteiger partial charge in [0.1, 0.15) is 11.6 Å². The third kappa shape index (κ3) is 4.13. The summed E-state index contributed by atoms with van der Waals surface area (Å²) in [5.74, 6) is -1.90. The average molecular weight is 277 g/mol. The van der Waals surface area contributed by atoms with Crippen LogP contribution in [0, 0.1) is 5.82 Å². The second-order valence-electron chi connectivity index (χ2n) is 3.63. The first kappa shape index (κ1) is 15.3. The molecule has 0 fully saturated rings. The van der Waals surface area contributed by atoms with Crippen LogP contribution in [0.15, 0.2) is 18.2 Å². The van der Waals surface area contributed by atoms with Gasteiger partial charge in [0.25, 0.3) is 5.91 Å². The summed E-state index contributed by atoms with van der Waals surface area (Å²) in [6.45, 7) is -1.40. The van der Waals surface area contributed by atoms with Gasteiger partial charge in [-0.15, -0.1) is 0 Å². The third-order valence-electron chi connectivity index (χ3n) is 2.43. The van der Waals surface area contributed by atoms with Crippen molar-refractivity contribution in [3.05, 3.63) is 29.6 Å². The zero-order valence-electron chi connectivity index (χ0n) is 10.3. The van der Waals surface area contributed by atoms with Crippen LogP contribution in [0.2, 0.25) is 0 Å². The van der Waals surface area contributed by atoms with Gasteiger partial charge >= 0.3 is 6.61 Å². The second-order valence-corrected chi connectivity index (χ2v) is 3.63. The minimum absolute atomic E-state index is 0.0564. The van der Waals surface area contributed by atoms with Crippen LogP contribution in [-0.2, 0) is 0 Å². The van der Waals surface area contributed by atoms with Crippen LogP contribution in [0.4, 0.5) is 13.2 Å². The predicted molar refractivity (Wildman–Crippen MR) is 61.7 cm³/mol. The van der Waals surface area contributed by atoms with Crippen molar-refractivity contribution < 1.29 is 27.8 Å². The van der Waals surface area contributed by atoms with Gasteiger partial charge in [0.15, 0.2) is 0 Å². The number of ether oxygens (including phenoxy) is 1. The summed E-state index contributed by atoms with van der Waals surface area (Å²) in [5, 5.41) is 8.82. The molecular formula is C12H14F3NO3. The third-order valence-corrected chi connectivity index (χ3v) is 2.43. The number of amides is 1. The molecule has 0 bridgehead atoms. The molecule has 0 saturated heterocycles. The van der Waals surface area contributed by atoms with Crippen LogP contribution in [0.5, 0.6) is 5.75 Å². The quantitative estimate of drug-likeness (QED) is 0.863. The Morgan fingerprint density at radius 2 is 2.16 bits per heavy atom. The monoisotopic (exact) mass is 277 g/mol. The Bertz CT molecular complexity index is 440. The highest BCUT2D eigenvalue weighted by molar-refractivity contribution is 5.96. The molecule has 0 unspecified atom stereocenters. The van der Waals surface area contributed by atoms with Gasteiger partial charge in [0.05, 0.1) is 12.2 Å². The Morgan fingerprint density at radius 3 is 2.68 bits per heavy atom. The summed E-state index contributed by atoms with van der Waals surface area (Å²) < 4.78 is 41.6. The molecule has 1 aromatic rings. The largest absolute Gasteiger partial charge is 0.434 e. The van der Waals surface area contributed by atoms with Crippen LogP contribution in [-0.4, -0.2) is 42.2 Å². The van der Waals surface area contributed by atoms with E-state index in [2.05, 4.69) is 4.74 Å². The topological polar surface area (TPSA) is 49.8 Å². The standard InChI is InChI=1S/C12H14F3NO3/c1-2-16(5-6-17)11(18)9-4-3-8(13)7-10(9)19-12(14)15/h3-4,7,12,17H,2,5-6H2,1H3. The molecule has 0 aromatic heterocycles. The van der Waals surface area contributed by atoms with Crippen LogP contribution < -0.4 is 4.74 Å². The van der Waals surface area contributed by atoms with E-state index in [4.69, 9.17) is 5.11 Å². The molecular weight excluding hydrogens is 263 g/mol. The van der Waals surface area contributed by atoms with Crippen LogP contribution >= 0.6 is 0 Å². The SMILES string of the molecule is CCN(CCO)C(=O)c1ccc(F)cc1OC(F)F. The van der Waals surface area contributed by atoms with E-state index in [0.29, 0.717) is 0 Å². The number of benzene rings is 1. The average Bonchev–Trinajstić information content (AvgIpc) is 2.34. The molecule has 0 aliphatic carbocycles. The van der Waals surface area contributed by atoms with Crippen LogP contribution in [0.3, 0.4) is 0 Å². The van der Waals surface area contributed by atoms with Crippen molar-refractivity contribution in [2.75, 3.05) is 19.7 Å². The summed E-state index contributed by atoms with van der Waals surface area (Å²) in [4.78, 5) is 13.3. The summed E-state index contributed by atoms with van der Waals surface area (Å²) in [6.07, 6.45) is 0. The van der Waals surface area contributed by atoms with Gasteiger partial charge in [-0.25, -0.2) is 4.39 Å². The molecule has 1 amide bonds. The van der Waals surface area contributed by atoms with E-state index >= 15 is 0 Å². The first-order valence-corrected chi connectivity index (χ1v) is 5.64. The number of aliphatic hydroxyl groups excluding tert-OH is 1. The maximum absolute atomic E-state index is 13.0. The van der Waals surface area contributed by atoms with Crippen molar-refractivity contribution in [3.63, 3.8) is 0 Å². The summed E-state index contributed by atoms with van der Waals surface area (Å²) >= 11 is 0. The lowest BCUT2D eigenvalue weighted by molar-refractivity contribution is -0.0504. The number of nitrogens with zero attached hydrogens (tertiary/aromatic N) is 1. The molecule has 1 N–H and O–H groups in total. The van der Waals surface area contributed by atoms with Gasteiger partial charge < -0.3 is 14.7 Å². The molecule has 106 valence electrons. The van der Waals surface area contributed by atoms with Gasteiger partial charge in [0.2, 0.25) is 0 Å². The molecule has 1 rings (SSSR count). The second kappa shape index (κ2) is 6.98. The van der Waals surface area contributed by atoms with Gasteiger partial charge in [-0.05, 0) is 19.1 Å². The first-order valence-electron chi connectivity index (χ1n) is 5.64. The van der Waals surface area contributed by atoms with Gasteiger partial charge in [0, 0.05) is 19.2 Å². The van der Waals surface area contributed by atoms with E-state index < -0.39 is 24.1 Å². The molecule has 0 spiro atoms. The van der Waals surface area contributed by atoms with Crippen molar-refractivity contribution in [2.24, 2.45) is 0 Å². The van der Waals surface area contributed by atoms with E-state index in [1.165, 1.54) is 4.90 Å². The number of rotatable bonds is 6. The molecule has 1 aromatic carbocycles. The van der Waals surface area contributed by atoms with Crippen LogP contribution in [0.25, 0.3) is 0 Å². The zero-order valence-corrected chi connectivity index (χ0v) is 10.3. The molecule has 4 nitrogen and oxygen atoms in total. The van der Waals surface area contributed by atoms with Gasteiger partial charge in [-0.3, -0.25) is 4.79 Å². The Hall–Kier alpha value is -1.76. The number of hydrogen-bond acceptors (Lipinski definition) is 3. The fraction of sp³-hybridized carbons (Fsp3) is 0.417. The number of carbonyl (C=O) groups is 1. The van der Waals surface area contributed by atoms with Crippen molar-refractivity contribution >= 4 is 5.91 Å². The molecule has 0 aliphatic heterocycles. The van der Waals surface area contributed by atoms with E-state index in [1.807, 2.05) is 0 Å². The Kier molecular flexibility index (Phi) is 5.62. The Morgan fingerprint density at radius 1 is 1.47 bits per heavy atom. The maximum Gasteiger partial charge on any atom is 0.387 e.